The Balaban J connectivity index is 1.51. The summed E-state index contributed by atoms with van der Waals surface area (Å²) in [7, 11) is 0. The van der Waals surface area contributed by atoms with E-state index in [-0.39, 0.29) is 18.3 Å². The van der Waals surface area contributed by atoms with Gasteiger partial charge in [0.1, 0.15) is 12.4 Å². The molecule has 2 aromatic rings. The van der Waals surface area contributed by atoms with E-state index >= 15 is 0 Å². The van der Waals surface area contributed by atoms with Crippen LogP contribution in [0.25, 0.3) is 0 Å². The van der Waals surface area contributed by atoms with Gasteiger partial charge in [0.2, 0.25) is 11.1 Å². The third-order valence-electron chi connectivity index (χ3n) is 4.34. The van der Waals surface area contributed by atoms with Crippen molar-refractivity contribution in [3.63, 3.8) is 0 Å². The smallest absolute Gasteiger partial charge is 0.233 e. The van der Waals surface area contributed by atoms with Gasteiger partial charge < -0.3 is 20.2 Å². The predicted molar refractivity (Wildman–Crippen MR) is 103 cm³/mol. The first-order valence-electron chi connectivity index (χ1n) is 8.95. The van der Waals surface area contributed by atoms with Crippen LogP contribution in [0.5, 0.6) is 5.75 Å². The zero-order valence-electron chi connectivity index (χ0n) is 15.6. The molecule has 1 aromatic heterocycles. The summed E-state index contributed by atoms with van der Waals surface area (Å²) >= 11 is 1.27. The summed E-state index contributed by atoms with van der Waals surface area (Å²) in [5.41, 5.74) is 1.26. The second-order valence-corrected chi connectivity index (χ2v) is 7.51. The zero-order chi connectivity index (χ0) is 19.2. The molecule has 0 unspecified atom stereocenters. The SMILES string of the molecule is CC(C)c1ccc(OCc2nnc(SCC(=O)N3CCOCC3)n2N)cc1. The molecule has 1 fully saturated rings. The number of carbonyl (C=O) groups excluding carboxylic acids is 1. The van der Waals surface area contributed by atoms with Crippen LogP contribution in [-0.2, 0) is 16.1 Å². The van der Waals surface area contributed by atoms with Gasteiger partial charge in [-0.1, -0.05) is 37.7 Å². The highest BCUT2D eigenvalue weighted by Gasteiger charge is 2.19. The van der Waals surface area contributed by atoms with Crippen molar-refractivity contribution in [2.75, 3.05) is 37.9 Å². The summed E-state index contributed by atoms with van der Waals surface area (Å²) in [4.78, 5) is 14.0. The topological polar surface area (TPSA) is 95.5 Å². The van der Waals surface area contributed by atoms with Gasteiger partial charge in [0.15, 0.2) is 5.82 Å². The molecule has 0 saturated carbocycles. The molecule has 146 valence electrons. The number of nitrogens with two attached hydrogens (primary N) is 1. The number of nitrogen functional groups attached to an aromatic ring is 1. The second-order valence-electron chi connectivity index (χ2n) is 6.56. The van der Waals surface area contributed by atoms with E-state index in [4.69, 9.17) is 15.3 Å². The quantitative estimate of drug-likeness (QED) is 0.566. The van der Waals surface area contributed by atoms with Crippen LogP contribution in [0.2, 0.25) is 0 Å². The van der Waals surface area contributed by atoms with Crippen molar-refractivity contribution in [2.45, 2.75) is 31.5 Å². The predicted octanol–water partition coefficient (Wildman–Crippen LogP) is 1.65. The van der Waals surface area contributed by atoms with Crippen molar-refractivity contribution in [1.29, 1.82) is 0 Å². The van der Waals surface area contributed by atoms with Gasteiger partial charge in [0.25, 0.3) is 0 Å². The molecule has 1 saturated heterocycles. The van der Waals surface area contributed by atoms with Crippen LogP contribution in [-0.4, -0.2) is 57.7 Å². The number of thioether (sulfide) groups is 1. The molecule has 1 aromatic carbocycles. The van der Waals surface area contributed by atoms with E-state index in [1.807, 2.05) is 24.3 Å². The number of ether oxygens (including phenoxy) is 2. The van der Waals surface area contributed by atoms with Crippen LogP contribution in [0.15, 0.2) is 29.4 Å². The lowest BCUT2D eigenvalue weighted by molar-refractivity contribution is -0.132. The number of nitrogens with zero attached hydrogens (tertiary/aromatic N) is 4. The molecule has 0 atom stereocenters. The molecular weight excluding hydrogens is 366 g/mol. The number of rotatable bonds is 7. The Morgan fingerprint density at radius 2 is 1.96 bits per heavy atom. The highest BCUT2D eigenvalue weighted by atomic mass is 32.2. The highest BCUT2D eigenvalue weighted by Crippen LogP contribution is 2.20. The molecule has 1 aliphatic rings. The lowest BCUT2D eigenvalue weighted by Crippen LogP contribution is -2.41. The minimum Gasteiger partial charge on any atom is -0.486 e. The van der Waals surface area contributed by atoms with E-state index in [0.717, 1.165) is 5.75 Å². The summed E-state index contributed by atoms with van der Waals surface area (Å²) < 4.78 is 12.4. The Bertz CT molecular complexity index is 757. The molecule has 8 nitrogen and oxygen atoms in total. The third kappa shape index (κ3) is 5.14. The van der Waals surface area contributed by atoms with Gasteiger partial charge in [-0.2, -0.15) is 0 Å². The molecule has 2 heterocycles. The average Bonchev–Trinajstić information content (AvgIpc) is 3.05. The Kier molecular flexibility index (Phi) is 6.57. The number of benzene rings is 1. The number of carbonyl (C=O) groups is 1. The summed E-state index contributed by atoms with van der Waals surface area (Å²) in [5.74, 6) is 8.09. The van der Waals surface area contributed by atoms with Gasteiger partial charge >= 0.3 is 0 Å². The van der Waals surface area contributed by atoms with Crippen LogP contribution in [0, 0.1) is 0 Å². The monoisotopic (exact) mass is 391 g/mol. The molecule has 0 bridgehead atoms. The first-order valence-corrected chi connectivity index (χ1v) is 9.93. The minimum atomic E-state index is 0.0503. The Labute approximate surface area is 163 Å². The number of hydrogen-bond acceptors (Lipinski definition) is 7. The van der Waals surface area contributed by atoms with Crippen molar-refractivity contribution in [1.82, 2.24) is 19.8 Å². The fourth-order valence-corrected chi connectivity index (χ4v) is 3.41. The van der Waals surface area contributed by atoms with Gasteiger partial charge in [-0.25, -0.2) is 4.68 Å². The lowest BCUT2D eigenvalue weighted by atomic mass is 10.0. The summed E-state index contributed by atoms with van der Waals surface area (Å²) in [5, 5.41) is 8.61. The van der Waals surface area contributed by atoms with Gasteiger partial charge in [-0.05, 0) is 23.6 Å². The van der Waals surface area contributed by atoms with Crippen LogP contribution in [0.4, 0.5) is 0 Å². The van der Waals surface area contributed by atoms with E-state index in [0.29, 0.717) is 43.2 Å². The van der Waals surface area contributed by atoms with Gasteiger partial charge in [0.05, 0.1) is 19.0 Å². The lowest BCUT2D eigenvalue weighted by Gasteiger charge is -2.26. The number of amides is 1. The van der Waals surface area contributed by atoms with E-state index in [2.05, 4.69) is 24.0 Å². The molecule has 27 heavy (non-hydrogen) atoms. The van der Waals surface area contributed by atoms with Crippen LogP contribution in [0.1, 0.15) is 31.2 Å². The Morgan fingerprint density at radius 1 is 1.26 bits per heavy atom. The first-order chi connectivity index (χ1) is 13.0. The molecule has 2 N–H and O–H groups in total. The van der Waals surface area contributed by atoms with Crippen LogP contribution >= 0.6 is 11.8 Å². The fourth-order valence-electron chi connectivity index (χ4n) is 2.63. The molecule has 1 aliphatic heterocycles. The minimum absolute atomic E-state index is 0.0503. The first kappa shape index (κ1) is 19.5. The van der Waals surface area contributed by atoms with E-state index in [1.54, 1.807) is 4.90 Å². The fraction of sp³-hybridized carbons (Fsp3) is 0.500. The second kappa shape index (κ2) is 9.09. The van der Waals surface area contributed by atoms with Crippen molar-refractivity contribution in [2.24, 2.45) is 0 Å². The maximum Gasteiger partial charge on any atom is 0.233 e. The normalized spacial score (nSPS) is 14.6. The Hall–Kier alpha value is -2.26. The van der Waals surface area contributed by atoms with Crippen molar-refractivity contribution >= 4 is 17.7 Å². The third-order valence-corrected chi connectivity index (χ3v) is 5.27. The molecule has 9 heteroatoms. The molecular formula is C18H25N5O3S. The zero-order valence-corrected chi connectivity index (χ0v) is 16.4. The van der Waals surface area contributed by atoms with Crippen LogP contribution < -0.4 is 10.6 Å². The molecule has 3 rings (SSSR count). The number of hydrogen-bond donors (Lipinski definition) is 1. The van der Waals surface area contributed by atoms with Crippen molar-refractivity contribution < 1.29 is 14.3 Å². The number of aromatic nitrogens is 3. The maximum atomic E-state index is 12.2. The number of morpholine rings is 1. The summed E-state index contributed by atoms with van der Waals surface area (Å²) in [6.07, 6.45) is 0. The van der Waals surface area contributed by atoms with Gasteiger partial charge in [0, 0.05) is 13.1 Å². The standard InChI is InChI=1S/C18H25N5O3S/c1-13(2)14-3-5-15(6-4-14)26-11-16-20-21-18(23(16)19)27-12-17(24)22-7-9-25-10-8-22/h3-6,13H,7-12,19H2,1-2H3. The molecule has 0 radical (unpaired) electrons. The largest absolute Gasteiger partial charge is 0.486 e. The van der Waals surface area contributed by atoms with E-state index in [1.165, 1.54) is 22.0 Å². The Morgan fingerprint density at radius 3 is 2.63 bits per heavy atom. The van der Waals surface area contributed by atoms with Crippen molar-refractivity contribution in [3.05, 3.63) is 35.7 Å². The highest BCUT2D eigenvalue weighted by molar-refractivity contribution is 7.99. The summed E-state index contributed by atoms with van der Waals surface area (Å²) in [6.45, 7) is 6.94. The van der Waals surface area contributed by atoms with Gasteiger partial charge in [-0.3, -0.25) is 4.79 Å². The van der Waals surface area contributed by atoms with Crippen molar-refractivity contribution in [3.8, 4) is 5.75 Å². The molecule has 1 amide bonds. The molecule has 0 spiro atoms. The maximum absolute atomic E-state index is 12.2. The van der Waals surface area contributed by atoms with E-state index < -0.39 is 0 Å². The van der Waals surface area contributed by atoms with Gasteiger partial charge in [-0.15, -0.1) is 10.2 Å². The van der Waals surface area contributed by atoms with E-state index in [9.17, 15) is 4.79 Å². The average molecular weight is 391 g/mol. The summed E-state index contributed by atoms with van der Waals surface area (Å²) in [6, 6.07) is 7.96. The molecule has 0 aliphatic carbocycles. The van der Waals surface area contributed by atoms with Crippen LogP contribution in [0.3, 0.4) is 0 Å².